The minimum Gasteiger partial charge on any atom is -0.492 e. The molecule has 0 spiro atoms. The zero-order valence-corrected chi connectivity index (χ0v) is 16.0. The highest BCUT2D eigenvalue weighted by Crippen LogP contribution is 2.25. The first kappa shape index (κ1) is 19.0. The molecule has 2 amide bonds. The summed E-state index contributed by atoms with van der Waals surface area (Å²) in [6.45, 7) is 6.06. The van der Waals surface area contributed by atoms with E-state index < -0.39 is 0 Å². The molecule has 0 radical (unpaired) electrons. The van der Waals surface area contributed by atoms with Crippen LogP contribution in [-0.4, -0.2) is 18.4 Å². The Labute approximate surface area is 155 Å². The summed E-state index contributed by atoms with van der Waals surface area (Å²) in [5.41, 5.74) is 1.65. The van der Waals surface area contributed by atoms with Gasteiger partial charge in [0.05, 0.1) is 12.2 Å². The second-order valence-corrected chi connectivity index (χ2v) is 6.98. The van der Waals surface area contributed by atoms with E-state index in [9.17, 15) is 9.59 Å². The molecule has 0 heterocycles. The number of hydrogen-bond acceptors (Lipinski definition) is 3. The quantitative estimate of drug-likeness (QED) is 0.733. The molecule has 0 atom stereocenters. The number of anilines is 2. The van der Waals surface area contributed by atoms with Gasteiger partial charge in [-0.05, 0) is 42.3 Å². The molecule has 2 N–H and O–H groups in total. The van der Waals surface area contributed by atoms with Crippen molar-refractivity contribution in [3.8, 4) is 5.75 Å². The first-order valence-corrected chi connectivity index (χ1v) is 8.76. The van der Waals surface area contributed by atoms with Gasteiger partial charge in [-0.2, -0.15) is 0 Å². The zero-order chi connectivity index (χ0) is 18.4. The highest BCUT2D eigenvalue weighted by molar-refractivity contribution is 9.10. The van der Waals surface area contributed by atoms with Gasteiger partial charge in [0.1, 0.15) is 5.75 Å². The predicted molar refractivity (Wildman–Crippen MR) is 103 cm³/mol. The van der Waals surface area contributed by atoms with E-state index in [0.29, 0.717) is 35.2 Å². The Morgan fingerprint density at radius 2 is 1.76 bits per heavy atom. The van der Waals surface area contributed by atoms with Crippen LogP contribution in [0.4, 0.5) is 11.4 Å². The van der Waals surface area contributed by atoms with E-state index in [1.165, 1.54) is 6.92 Å². The molecule has 0 fully saturated rings. The summed E-state index contributed by atoms with van der Waals surface area (Å²) >= 11 is 3.39. The second kappa shape index (κ2) is 8.67. The van der Waals surface area contributed by atoms with Crippen LogP contribution in [0, 0.1) is 5.92 Å². The van der Waals surface area contributed by atoms with Crippen molar-refractivity contribution < 1.29 is 14.3 Å². The fraction of sp³-hybridized carbons (Fsp3) is 0.263. The van der Waals surface area contributed by atoms with E-state index in [1.54, 1.807) is 36.4 Å². The molecular formula is C19H21BrN2O3. The van der Waals surface area contributed by atoms with Gasteiger partial charge in [-0.1, -0.05) is 35.8 Å². The molecule has 25 heavy (non-hydrogen) atoms. The largest absolute Gasteiger partial charge is 0.492 e. The van der Waals surface area contributed by atoms with Crippen molar-refractivity contribution in [1.82, 2.24) is 0 Å². The van der Waals surface area contributed by atoms with E-state index >= 15 is 0 Å². The molecule has 0 unspecified atom stereocenters. The third kappa shape index (κ3) is 5.90. The van der Waals surface area contributed by atoms with Gasteiger partial charge in [-0.15, -0.1) is 0 Å². The maximum absolute atomic E-state index is 12.7. The van der Waals surface area contributed by atoms with Gasteiger partial charge in [0.2, 0.25) is 5.91 Å². The Kier molecular flexibility index (Phi) is 6.58. The average Bonchev–Trinajstić information content (AvgIpc) is 2.53. The summed E-state index contributed by atoms with van der Waals surface area (Å²) in [5, 5.41) is 5.53. The van der Waals surface area contributed by atoms with E-state index in [-0.39, 0.29) is 11.8 Å². The Balaban J connectivity index is 2.20. The zero-order valence-electron chi connectivity index (χ0n) is 14.4. The van der Waals surface area contributed by atoms with Gasteiger partial charge < -0.3 is 15.4 Å². The lowest BCUT2D eigenvalue weighted by atomic mass is 10.1. The molecule has 0 aliphatic rings. The lowest BCUT2D eigenvalue weighted by Crippen LogP contribution is -2.15. The summed E-state index contributed by atoms with van der Waals surface area (Å²) in [6.07, 6.45) is 0. The third-order valence-corrected chi connectivity index (χ3v) is 3.69. The fourth-order valence-electron chi connectivity index (χ4n) is 2.14. The third-order valence-electron chi connectivity index (χ3n) is 3.20. The number of carbonyl (C=O) groups is 2. The van der Waals surface area contributed by atoms with Crippen molar-refractivity contribution in [3.63, 3.8) is 0 Å². The number of rotatable bonds is 6. The van der Waals surface area contributed by atoms with Crippen molar-refractivity contribution in [2.45, 2.75) is 20.8 Å². The molecule has 0 saturated carbocycles. The van der Waals surface area contributed by atoms with Gasteiger partial charge >= 0.3 is 0 Å². The lowest BCUT2D eigenvalue weighted by Gasteiger charge is -2.14. The molecule has 0 aliphatic carbocycles. The number of nitrogens with one attached hydrogen (secondary N) is 2. The molecule has 2 rings (SSSR count). The number of hydrogen-bond donors (Lipinski definition) is 2. The van der Waals surface area contributed by atoms with Crippen LogP contribution in [0.3, 0.4) is 0 Å². The van der Waals surface area contributed by atoms with Crippen LogP contribution < -0.4 is 15.4 Å². The molecule has 2 aromatic rings. The summed E-state index contributed by atoms with van der Waals surface area (Å²) in [6, 6.07) is 12.3. The van der Waals surface area contributed by atoms with Crippen molar-refractivity contribution in [2.24, 2.45) is 5.92 Å². The smallest absolute Gasteiger partial charge is 0.259 e. The van der Waals surface area contributed by atoms with Gasteiger partial charge in [0.15, 0.2) is 0 Å². The number of benzene rings is 2. The molecule has 2 aromatic carbocycles. The highest BCUT2D eigenvalue weighted by atomic mass is 79.9. The van der Waals surface area contributed by atoms with Gasteiger partial charge in [-0.3, -0.25) is 9.59 Å². The Morgan fingerprint density at radius 3 is 2.40 bits per heavy atom. The van der Waals surface area contributed by atoms with Gasteiger partial charge in [0, 0.05) is 22.8 Å². The highest BCUT2D eigenvalue weighted by Gasteiger charge is 2.14. The minimum absolute atomic E-state index is 0.167. The van der Waals surface area contributed by atoms with E-state index in [1.807, 2.05) is 19.9 Å². The molecule has 0 bridgehead atoms. The molecule has 6 heteroatoms. The van der Waals surface area contributed by atoms with Crippen LogP contribution >= 0.6 is 15.9 Å². The SMILES string of the molecule is CC(=O)Nc1cccc(NC(=O)c2cc(Br)ccc2OCC(C)C)c1. The summed E-state index contributed by atoms with van der Waals surface area (Å²) < 4.78 is 6.54. The van der Waals surface area contributed by atoms with Crippen molar-refractivity contribution >= 4 is 39.1 Å². The summed E-state index contributed by atoms with van der Waals surface area (Å²) in [7, 11) is 0. The van der Waals surface area contributed by atoms with Crippen LogP contribution in [-0.2, 0) is 4.79 Å². The van der Waals surface area contributed by atoms with Gasteiger partial charge in [0.25, 0.3) is 5.91 Å². The molecule has 5 nitrogen and oxygen atoms in total. The molecular weight excluding hydrogens is 384 g/mol. The Hall–Kier alpha value is -2.34. The number of ether oxygens (including phenoxy) is 1. The van der Waals surface area contributed by atoms with E-state index in [2.05, 4.69) is 26.6 Å². The van der Waals surface area contributed by atoms with Crippen molar-refractivity contribution in [1.29, 1.82) is 0 Å². The molecule has 0 aliphatic heterocycles. The monoisotopic (exact) mass is 404 g/mol. The van der Waals surface area contributed by atoms with Gasteiger partial charge in [-0.25, -0.2) is 0 Å². The van der Waals surface area contributed by atoms with Crippen LogP contribution in [0.15, 0.2) is 46.9 Å². The number of amides is 2. The molecule has 0 saturated heterocycles. The number of carbonyl (C=O) groups excluding carboxylic acids is 2. The first-order valence-electron chi connectivity index (χ1n) is 7.96. The van der Waals surface area contributed by atoms with Crippen LogP contribution in [0.5, 0.6) is 5.75 Å². The Bertz CT molecular complexity index is 775. The standard InChI is InChI=1S/C19H21BrN2O3/c1-12(2)11-25-18-8-7-14(20)9-17(18)19(24)22-16-6-4-5-15(10-16)21-13(3)23/h4-10,12H,11H2,1-3H3,(H,21,23)(H,22,24). The summed E-state index contributed by atoms with van der Waals surface area (Å²) in [4.78, 5) is 23.8. The maximum Gasteiger partial charge on any atom is 0.259 e. The van der Waals surface area contributed by atoms with Crippen LogP contribution in [0.2, 0.25) is 0 Å². The maximum atomic E-state index is 12.7. The average molecular weight is 405 g/mol. The molecule has 0 aromatic heterocycles. The predicted octanol–water partition coefficient (Wildman–Crippen LogP) is 4.69. The first-order chi connectivity index (χ1) is 11.8. The van der Waals surface area contributed by atoms with Crippen LogP contribution in [0.1, 0.15) is 31.1 Å². The lowest BCUT2D eigenvalue weighted by molar-refractivity contribution is -0.114. The fourth-order valence-corrected chi connectivity index (χ4v) is 2.50. The summed E-state index contributed by atoms with van der Waals surface area (Å²) in [5.74, 6) is 0.446. The van der Waals surface area contributed by atoms with E-state index in [4.69, 9.17) is 4.74 Å². The van der Waals surface area contributed by atoms with Crippen molar-refractivity contribution in [2.75, 3.05) is 17.2 Å². The normalized spacial score (nSPS) is 10.4. The molecule has 132 valence electrons. The second-order valence-electron chi connectivity index (χ2n) is 6.06. The van der Waals surface area contributed by atoms with E-state index in [0.717, 1.165) is 4.47 Å². The number of halogens is 1. The van der Waals surface area contributed by atoms with Crippen LogP contribution in [0.25, 0.3) is 0 Å². The Morgan fingerprint density at radius 1 is 1.08 bits per heavy atom. The van der Waals surface area contributed by atoms with Crippen molar-refractivity contribution in [3.05, 3.63) is 52.5 Å². The topological polar surface area (TPSA) is 67.4 Å². The minimum atomic E-state index is -0.278.